The van der Waals surface area contributed by atoms with Gasteiger partial charge in [-0.25, -0.2) is 0 Å². The van der Waals surface area contributed by atoms with Crippen molar-refractivity contribution in [3.05, 3.63) is 71.3 Å². The van der Waals surface area contributed by atoms with Gasteiger partial charge in [-0.05, 0) is 79.7 Å². The molecule has 4 N–H and O–H groups in total. The van der Waals surface area contributed by atoms with Gasteiger partial charge in [-0.3, -0.25) is 0 Å². The van der Waals surface area contributed by atoms with Crippen LogP contribution in [0.3, 0.4) is 0 Å². The zero-order valence-electron chi connectivity index (χ0n) is 16.7. The summed E-state index contributed by atoms with van der Waals surface area (Å²) in [7, 11) is 1.50. The molecule has 0 aromatic heterocycles. The fraction of sp³-hybridized carbons (Fsp3) is 0.391. The van der Waals surface area contributed by atoms with Crippen LogP contribution in [0.15, 0.2) is 49.0 Å². The first-order valence-corrected chi connectivity index (χ1v) is 9.78. The number of piperidine rings is 1. The minimum atomic E-state index is -4.46. The Morgan fingerprint density at radius 2 is 1.90 bits per heavy atom. The third kappa shape index (κ3) is 6.34. The van der Waals surface area contributed by atoms with E-state index >= 15 is 0 Å². The molecule has 2 aromatic rings. The minimum absolute atomic E-state index is 0.332. The number of phenols is 1. The smallest absolute Gasteiger partial charge is 0.416 e. The van der Waals surface area contributed by atoms with E-state index in [0.29, 0.717) is 17.9 Å². The van der Waals surface area contributed by atoms with Crippen LogP contribution in [-0.4, -0.2) is 25.2 Å². The van der Waals surface area contributed by atoms with E-state index in [1.54, 1.807) is 0 Å². The average Bonchev–Trinajstić information content (AvgIpc) is 2.71. The normalized spacial score (nSPS) is 16.7. The van der Waals surface area contributed by atoms with Crippen molar-refractivity contribution in [2.75, 3.05) is 20.1 Å². The van der Waals surface area contributed by atoms with Crippen LogP contribution in [0.5, 0.6) is 5.75 Å². The van der Waals surface area contributed by atoms with Crippen molar-refractivity contribution in [1.82, 2.24) is 5.32 Å². The summed E-state index contributed by atoms with van der Waals surface area (Å²) in [5.41, 5.74) is 7.14. The van der Waals surface area contributed by atoms with Crippen LogP contribution in [0.2, 0.25) is 0 Å². The van der Waals surface area contributed by atoms with Gasteiger partial charge in [0.15, 0.2) is 0 Å². The van der Waals surface area contributed by atoms with Crippen molar-refractivity contribution >= 4 is 5.57 Å². The molecule has 0 radical (unpaired) electrons. The van der Waals surface area contributed by atoms with Gasteiger partial charge < -0.3 is 16.2 Å². The molecular weight excluding hydrogens is 377 g/mol. The van der Waals surface area contributed by atoms with Crippen LogP contribution in [-0.2, 0) is 12.6 Å². The molecular formula is C23H29F3N2O. The Morgan fingerprint density at radius 1 is 1.17 bits per heavy atom. The number of aromatic hydroxyl groups is 1. The summed E-state index contributed by atoms with van der Waals surface area (Å²) < 4.78 is 38.4. The highest BCUT2D eigenvalue weighted by molar-refractivity contribution is 5.67. The lowest BCUT2D eigenvalue weighted by atomic mass is 9.87. The summed E-state index contributed by atoms with van der Waals surface area (Å²) in [6.45, 7) is 6.30. The van der Waals surface area contributed by atoms with Gasteiger partial charge in [-0.15, -0.1) is 0 Å². The summed E-state index contributed by atoms with van der Waals surface area (Å²) in [5.74, 6) is 0.223. The highest BCUT2D eigenvalue weighted by Crippen LogP contribution is 2.34. The van der Waals surface area contributed by atoms with Crippen LogP contribution >= 0.6 is 0 Å². The van der Waals surface area contributed by atoms with Crippen molar-refractivity contribution in [3.8, 4) is 5.75 Å². The lowest BCUT2D eigenvalue weighted by Crippen LogP contribution is -2.29. The van der Waals surface area contributed by atoms with Crippen LogP contribution in [0, 0.1) is 5.92 Å². The molecule has 1 unspecified atom stereocenters. The number of allylic oxidation sites excluding steroid dienone is 1. The van der Waals surface area contributed by atoms with Crippen LogP contribution < -0.4 is 11.1 Å². The molecule has 0 saturated carbocycles. The van der Waals surface area contributed by atoms with E-state index < -0.39 is 11.7 Å². The molecule has 0 amide bonds. The summed E-state index contributed by atoms with van der Waals surface area (Å²) in [4.78, 5) is 0. The predicted molar refractivity (Wildman–Crippen MR) is 112 cm³/mol. The third-order valence-corrected chi connectivity index (χ3v) is 5.13. The van der Waals surface area contributed by atoms with Gasteiger partial charge >= 0.3 is 6.18 Å². The van der Waals surface area contributed by atoms with E-state index in [-0.39, 0.29) is 5.75 Å². The number of phenolic OH excluding ortho intramolecular Hbond substituents is 1. The molecule has 1 aliphatic rings. The van der Waals surface area contributed by atoms with Crippen molar-refractivity contribution in [1.29, 1.82) is 0 Å². The van der Waals surface area contributed by atoms with Crippen LogP contribution in [0.25, 0.3) is 5.57 Å². The molecule has 0 spiro atoms. The number of nitrogens with one attached hydrogen (secondary N) is 1. The number of halogens is 3. The van der Waals surface area contributed by atoms with E-state index in [2.05, 4.69) is 17.6 Å². The van der Waals surface area contributed by atoms with Gasteiger partial charge in [0.25, 0.3) is 0 Å². The van der Waals surface area contributed by atoms with Gasteiger partial charge in [0.05, 0.1) is 5.56 Å². The molecule has 3 nitrogen and oxygen atoms in total. The van der Waals surface area contributed by atoms with Gasteiger partial charge in [-0.1, -0.05) is 36.9 Å². The topological polar surface area (TPSA) is 58.3 Å². The first-order valence-electron chi connectivity index (χ1n) is 9.78. The van der Waals surface area contributed by atoms with E-state index in [1.807, 2.05) is 24.3 Å². The van der Waals surface area contributed by atoms with Crippen LogP contribution in [0.4, 0.5) is 13.2 Å². The molecule has 1 fully saturated rings. The first kappa shape index (κ1) is 23.0. The summed E-state index contributed by atoms with van der Waals surface area (Å²) in [6, 6.07) is 10.9. The molecule has 158 valence electrons. The molecule has 1 atom stereocenters. The fourth-order valence-corrected chi connectivity index (χ4v) is 3.67. The minimum Gasteiger partial charge on any atom is -0.508 e. The van der Waals surface area contributed by atoms with E-state index in [0.717, 1.165) is 48.3 Å². The molecule has 1 heterocycles. The fourth-order valence-electron chi connectivity index (χ4n) is 3.67. The monoisotopic (exact) mass is 406 g/mol. The largest absolute Gasteiger partial charge is 0.508 e. The number of hydrogen-bond donors (Lipinski definition) is 3. The Labute approximate surface area is 170 Å². The zero-order chi connectivity index (χ0) is 21.4. The summed E-state index contributed by atoms with van der Waals surface area (Å²) in [6.07, 6.45) is -0.867. The number of rotatable bonds is 5. The Bertz CT molecular complexity index is 812. The maximum atomic E-state index is 12.8. The Hall–Kier alpha value is -2.31. The molecule has 3 rings (SSSR count). The maximum Gasteiger partial charge on any atom is 0.416 e. The van der Waals surface area contributed by atoms with Crippen LogP contribution in [0.1, 0.15) is 41.5 Å². The third-order valence-electron chi connectivity index (χ3n) is 5.13. The lowest BCUT2D eigenvalue weighted by Gasteiger charge is -2.24. The summed E-state index contributed by atoms with van der Waals surface area (Å²) >= 11 is 0. The molecule has 2 aromatic carbocycles. The number of benzene rings is 2. The average molecular weight is 406 g/mol. The zero-order valence-corrected chi connectivity index (χ0v) is 16.7. The molecule has 0 bridgehead atoms. The Balaban J connectivity index is 0.00000145. The quantitative estimate of drug-likeness (QED) is 0.656. The Kier molecular flexibility index (Phi) is 8.29. The van der Waals surface area contributed by atoms with E-state index in [4.69, 9.17) is 0 Å². The number of alkyl halides is 3. The second-order valence-corrected chi connectivity index (χ2v) is 7.20. The SMILES string of the molecule is C=C(CC1CCCNC1)c1ccccc1Cc1ccc(C(F)(F)F)cc1O.CN. The van der Waals surface area contributed by atoms with E-state index in [9.17, 15) is 18.3 Å². The van der Waals surface area contributed by atoms with Crippen molar-refractivity contribution < 1.29 is 18.3 Å². The Morgan fingerprint density at radius 3 is 2.52 bits per heavy atom. The van der Waals surface area contributed by atoms with Gasteiger partial charge in [0.2, 0.25) is 0 Å². The molecule has 1 aliphatic heterocycles. The molecule has 1 saturated heterocycles. The molecule has 6 heteroatoms. The standard InChI is InChI=1S/C22H24F3NO.CH5N/c1-15(11-16-5-4-10-26-14-16)20-7-3-2-6-17(20)12-18-8-9-19(13-21(18)27)22(23,24)25;1-2/h2-3,6-9,13,16,26-27H,1,4-5,10-12,14H2;2H2,1H3. The number of nitrogens with two attached hydrogens (primary N) is 1. The second-order valence-electron chi connectivity index (χ2n) is 7.20. The van der Waals surface area contributed by atoms with Crippen molar-refractivity contribution in [2.24, 2.45) is 11.7 Å². The lowest BCUT2D eigenvalue weighted by molar-refractivity contribution is -0.137. The summed E-state index contributed by atoms with van der Waals surface area (Å²) in [5, 5.41) is 13.5. The molecule has 0 aliphatic carbocycles. The van der Waals surface area contributed by atoms with Gasteiger partial charge in [0, 0.05) is 6.42 Å². The molecule has 29 heavy (non-hydrogen) atoms. The van der Waals surface area contributed by atoms with Gasteiger partial charge in [-0.2, -0.15) is 13.2 Å². The second kappa shape index (κ2) is 10.5. The van der Waals surface area contributed by atoms with E-state index in [1.165, 1.54) is 26.0 Å². The highest BCUT2D eigenvalue weighted by Gasteiger charge is 2.31. The van der Waals surface area contributed by atoms with Gasteiger partial charge in [0.1, 0.15) is 5.75 Å². The maximum absolute atomic E-state index is 12.8. The highest BCUT2D eigenvalue weighted by atomic mass is 19.4. The predicted octanol–water partition coefficient (Wildman–Crippen LogP) is 4.98. The van der Waals surface area contributed by atoms with Crippen molar-refractivity contribution in [3.63, 3.8) is 0 Å². The first-order chi connectivity index (χ1) is 13.8. The number of hydrogen-bond acceptors (Lipinski definition) is 3. The van der Waals surface area contributed by atoms with Crippen molar-refractivity contribution in [2.45, 2.75) is 31.9 Å².